The Labute approximate surface area is 118 Å². The van der Waals surface area contributed by atoms with Gasteiger partial charge in [0.25, 0.3) is 0 Å². The second-order valence-electron chi connectivity index (χ2n) is 5.02. The lowest BCUT2D eigenvalue weighted by Crippen LogP contribution is -2.15. The van der Waals surface area contributed by atoms with Gasteiger partial charge in [0.05, 0.1) is 16.3 Å². The molecule has 5 heteroatoms. The lowest BCUT2D eigenvalue weighted by Gasteiger charge is -2.21. The Morgan fingerprint density at radius 1 is 1.10 bits per heavy atom. The summed E-state index contributed by atoms with van der Waals surface area (Å²) in [5.41, 5.74) is 9.84. The molecule has 4 nitrogen and oxygen atoms in total. The van der Waals surface area contributed by atoms with Gasteiger partial charge in [-0.3, -0.25) is 0 Å². The number of para-hydroxylation sites is 1. The quantitative estimate of drug-likeness (QED) is 0.862. The molecule has 20 heavy (non-hydrogen) atoms. The van der Waals surface area contributed by atoms with Crippen LogP contribution in [-0.2, 0) is 16.3 Å². The number of nitrogen functional groups attached to an aromatic ring is 1. The molecule has 0 saturated heterocycles. The van der Waals surface area contributed by atoms with Gasteiger partial charge in [-0.1, -0.05) is 18.2 Å². The van der Waals surface area contributed by atoms with E-state index in [0.717, 1.165) is 24.3 Å². The summed E-state index contributed by atoms with van der Waals surface area (Å²) in [7, 11) is -3.22. The lowest BCUT2D eigenvalue weighted by molar-refractivity contribution is 0.602. The van der Waals surface area contributed by atoms with Gasteiger partial charge in [0.1, 0.15) is 0 Å². The summed E-state index contributed by atoms with van der Waals surface area (Å²) >= 11 is 0. The van der Waals surface area contributed by atoms with Crippen LogP contribution in [0.4, 0.5) is 17.1 Å². The summed E-state index contributed by atoms with van der Waals surface area (Å²) in [6.45, 7) is 0.863. The van der Waals surface area contributed by atoms with Gasteiger partial charge in [0, 0.05) is 18.5 Å². The van der Waals surface area contributed by atoms with E-state index in [9.17, 15) is 8.42 Å². The molecule has 1 heterocycles. The van der Waals surface area contributed by atoms with Gasteiger partial charge >= 0.3 is 0 Å². The number of hydrogen-bond donors (Lipinski definition) is 1. The Morgan fingerprint density at radius 2 is 1.85 bits per heavy atom. The molecule has 0 saturated carbocycles. The highest BCUT2D eigenvalue weighted by atomic mass is 32.2. The fourth-order valence-corrected chi connectivity index (χ4v) is 3.25. The van der Waals surface area contributed by atoms with E-state index in [1.165, 1.54) is 17.9 Å². The average Bonchev–Trinajstić information content (AvgIpc) is 2.81. The third-order valence-electron chi connectivity index (χ3n) is 3.61. The van der Waals surface area contributed by atoms with E-state index in [-0.39, 0.29) is 4.90 Å². The van der Waals surface area contributed by atoms with Crippen LogP contribution in [0.3, 0.4) is 0 Å². The van der Waals surface area contributed by atoms with Crippen molar-refractivity contribution in [2.24, 2.45) is 0 Å². The third kappa shape index (κ3) is 2.14. The van der Waals surface area contributed by atoms with E-state index < -0.39 is 9.84 Å². The van der Waals surface area contributed by atoms with Gasteiger partial charge < -0.3 is 10.6 Å². The van der Waals surface area contributed by atoms with Gasteiger partial charge in [0.2, 0.25) is 0 Å². The predicted octanol–water partition coefficient (Wildman–Crippen LogP) is 2.37. The maximum Gasteiger partial charge on any atom is 0.175 e. The number of benzene rings is 2. The van der Waals surface area contributed by atoms with E-state index in [0.29, 0.717) is 5.69 Å². The first-order valence-electron chi connectivity index (χ1n) is 6.42. The van der Waals surface area contributed by atoms with Crippen molar-refractivity contribution in [3.05, 3.63) is 48.0 Å². The van der Waals surface area contributed by atoms with Crippen molar-refractivity contribution < 1.29 is 8.42 Å². The van der Waals surface area contributed by atoms with Gasteiger partial charge in [-0.2, -0.15) is 0 Å². The summed E-state index contributed by atoms with van der Waals surface area (Å²) in [4.78, 5) is 2.39. The van der Waals surface area contributed by atoms with Crippen LogP contribution in [-0.4, -0.2) is 21.2 Å². The van der Waals surface area contributed by atoms with Crippen LogP contribution in [0.25, 0.3) is 0 Å². The molecular weight excluding hydrogens is 272 g/mol. The number of nitrogens with two attached hydrogens (primary N) is 1. The Kier molecular flexibility index (Phi) is 2.94. The van der Waals surface area contributed by atoms with E-state index in [2.05, 4.69) is 17.0 Å². The molecule has 0 bridgehead atoms. The van der Waals surface area contributed by atoms with Crippen LogP contribution in [0.15, 0.2) is 47.4 Å². The smallest absolute Gasteiger partial charge is 0.175 e. The highest BCUT2D eigenvalue weighted by molar-refractivity contribution is 7.90. The second kappa shape index (κ2) is 4.52. The molecule has 3 rings (SSSR count). The number of nitrogens with zero attached hydrogens (tertiary/aromatic N) is 1. The molecule has 104 valence electrons. The first-order valence-corrected chi connectivity index (χ1v) is 8.31. The Hall–Kier alpha value is -2.01. The minimum absolute atomic E-state index is 0.256. The summed E-state index contributed by atoms with van der Waals surface area (Å²) in [5.74, 6) is 0. The van der Waals surface area contributed by atoms with Gasteiger partial charge in [-0.05, 0) is 36.2 Å². The summed E-state index contributed by atoms with van der Waals surface area (Å²) in [6.07, 6.45) is 2.16. The highest BCUT2D eigenvalue weighted by Crippen LogP contribution is 2.37. The number of anilines is 3. The van der Waals surface area contributed by atoms with Crippen molar-refractivity contribution in [1.82, 2.24) is 0 Å². The van der Waals surface area contributed by atoms with Crippen LogP contribution in [0.2, 0.25) is 0 Å². The summed E-state index contributed by atoms with van der Waals surface area (Å²) in [5, 5.41) is 0. The van der Waals surface area contributed by atoms with Crippen LogP contribution >= 0.6 is 0 Å². The molecule has 1 aliphatic rings. The van der Waals surface area contributed by atoms with Crippen molar-refractivity contribution >= 4 is 26.9 Å². The Bertz CT molecular complexity index is 769. The van der Waals surface area contributed by atoms with Crippen molar-refractivity contribution in [2.45, 2.75) is 11.3 Å². The molecule has 0 unspecified atom stereocenters. The monoisotopic (exact) mass is 288 g/mol. The van der Waals surface area contributed by atoms with Crippen molar-refractivity contribution in [2.75, 3.05) is 23.4 Å². The van der Waals surface area contributed by atoms with E-state index in [1.54, 1.807) is 12.1 Å². The number of sulfone groups is 1. The first kappa shape index (κ1) is 13.0. The van der Waals surface area contributed by atoms with Crippen molar-refractivity contribution in [3.8, 4) is 0 Å². The zero-order valence-corrected chi connectivity index (χ0v) is 12.0. The number of hydrogen-bond acceptors (Lipinski definition) is 4. The molecule has 0 aliphatic carbocycles. The van der Waals surface area contributed by atoms with Gasteiger partial charge in [-0.25, -0.2) is 8.42 Å². The summed E-state index contributed by atoms with van der Waals surface area (Å²) in [6, 6.07) is 13.1. The van der Waals surface area contributed by atoms with Crippen LogP contribution < -0.4 is 10.6 Å². The Balaban J connectivity index is 2.05. The largest absolute Gasteiger partial charge is 0.397 e. The predicted molar refractivity (Wildman–Crippen MR) is 81.1 cm³/mol. The highest BCUT2D eigenvalue weighted by Gasteiger charge is 2.22. The Morgan fingerprint density at radius 3 is 2.55 bits per heavy atom. The lowest BCUT2D eigenvalue weighted by atomic mass is 10.2. The minimum atomic E-state index is -3.22. The molecule has 0 amide bonds. The number of fused-ring (bicyclic) bond motifs is 1. The topological polar surface area (TPSA) is 63.4 Å². The standard InChI is InChI=1S/C15H16N2O2S/c1-20(18,19)12-6-7-15(13(16)10-12)17-9-8-11-4-2-3-5-14(11)17/h2-7,10H,8-9,16H2,1H3. The fourth-order valence-electron chi connectivity index (χ4n) is 2.60. The van der Waals surface area contributed by atoms with Crippen LogP contribution in [0, 0.1) is 0 Å². The number of rotatable bonds is 2. The molecule has 0 atom stereocenters. The van der Waals surface area contributed by atoms with E-state index in [4.69, 9.17) is 5.73 Å². The molecule has 1 aliphatic heterocycles. The zero-order chi connectivity index (χ0) is 14.3. The van der Waals surface area contributed by atoms with Crippen molar-refractivity contribution in [3.63, 3.8) is 0 Å². The van der Waals surface area contributed by atoms with Crippen molar-refractivity contribution in [1.29, 1.82) is 0 Å². The first-order chi connectivity index (χ1) is 9.47. The SMILES string of the molecule is CS(=O)(=O)c1ccc(N2CCc3ccccc32)c(N)c1. The maximum atomic E-state index is 11.5. The van der Waals surface area contributed by atoms with Gasteiger partial charge in [-0.15, -0.1) is 0 Å². The van der Waals surface area contributed by atoms with E-state index in [1.807, 2.05) is 12.1 Å². The fraction of sp³-hybridized carbons (Fsp3) is 0.200. The van der Waals surface area contributed by atoms with Crippen LogP contribution in [0.5, 0.6) is 0 Å². The minimum Gasteiger partial charge on any atom is -0.397 e. The van der Waals surface area contributed by atoms with Crippen LogP contribution in [0.1, 0.15) is 5.56 Å². The third-order valence-corrected chi connectivity index (χ3v) is 4.72. The molecule has 0 radical (unpaired) electrons. The molecule has 0 spiro atoms. The van der Waals surface area contributed by atoms with Gasteiger partial charge in [0.15, 0.2) is 9.84 Å². The molecule has 2 aromatic rings. The molecule has 0 fully saturated rings. The average molecular weight is 288 g/mol. The van der Waals surface area contributed by atoms with E-state index >= 15 is 0 Å². The molecule has 2 N–H and O–H groups in total. The normalized spacial score (nSPS) is 14.3. The zero-order valence-electron chi connectivity index (χ0n) is 11.2. The molecule has 2 aromatic carbocycles. The molecule has 0 aromatic heterocycles. The second-order valence-corrected chi connectivity index (χ2v) is 7.04. The maximum absolute atomic E-state index is 11.5. The molecular formula is C15H16N2O2S. The summed E-state index contributed by atoms with van der Waals surface area (Å²) < 4.78 is 23.1.